The first-order valence-electron chi connectivity index (χ1n) is 10.1. The summed E-state index contributed by atoms with van der Waals surface area (Å²) >= 11 is 0. The number of halogens is 1. The quantitative estimate of drug-likeness (QED) is 0.879. The molecule has 1 amide bonds. The summed E-state index contributed by atoms with van der Waals surface area (Å²) in [5.74, 6) is 4.11. The molecule has 1 aliphatic heterocycles. The lowest BCUT2D eigenvalue weighted by Crippen LogP contribution is -2.52. The molecule has 6 heteroatoms. The predicted molar refractivity (Wildman–Crippen MR) is 103 cm³/mol. The molecule has 0 aromatic carbocycles. The number of aryl methyl sites for hydroxylation is 1. The fourth-order valence-corrected chi connectivity index (χ4v) is 6.86. The second-order valence-corrected chi connectivity index (χ2v) is 9.30. The molecule has 0 radical (unpaired) electrons. The lowest BCUT2D eigenvalue weighted by molar-refractivity contribution is -0.143. The largest absolute Gasteiger partial charge is 0.336 e. The van der Waals surface area contributed by atoms with Gasteiger partial charge in [0.15, 0.2) is 0 Å². The highest BCUT2D eigenvalue weighted by Crippen LogP contribution is 2.61. The summed E-state index contributed by atoms with van der Waals surface area (Å²) < 4.78 is 2.06. The Morgan fingerprint density at radius 3 is 2.46 bits per heavy atom. The first-order valence-corrected chi connectivity index (χ1v) is 10.1. The minimum atomic E-state index is 0. The molecule has 4 saturated carbocycles. The lowest BCUT2D eigenvalue weighted by atomic mass is 9.49. The normalized spacial score (nSPS) is 38.3. The molecule has 1 aromatic heterocycles. The zero-order valence-electron chi connectivity index (χ0n) is 15.7. The van der Waals surface area contributed by atoms with E-state index in [1.807, 2.05) is 19.4 Å². The molecule has 1 atom stereocenters. The number of aromatic nitrogens is 2. The molecule has 5 aliphatic rings. The first-order chi connectivity index (χ1) is 12.1. The molecule has 6 rings (SSSR count). The Labute approximate surface area is 162 Å². The van der Waals surface area contributed by atoms with E-state index in [1.54, 1.807) is 0 Å². The average Bonchev–Trinajstić information content (AvgIpc) is 2.99. The number of carbonyl (C=O) groups excluding carboxylic acids is 1. The Morgan fingerprint density at radius 1 is 1.23 bits per heavy atom. The Morgan fingerprint density at radius 2 is 1.88 bits per heavy atom. The summed E-state index contributed by atoms with van der Waals surface area (Å²) in [6.45, 7) is 2.52. The van der Waals surface area contributed by atoms with Crippen LogP contribution in [0.25, 0.3) is 0 Å². The highest BCUT2D eigenvalue weighted by atomic mass is 35.5. The molecule has 1 unspecified atom stereocenters. The molecule has 5 nitrogen and oxygen atoms in total. The van der Waals surface area contributed by atoms with Crippen molar-refractivity contribution in [3.05, 3.63) is 18.2 Å². The van der Waals surface area contributed by atoms with Gasteiger partial charge >= 0.3 is 0 Å². The number of imidazole rings is 1. The van der Waals surface area contributed by atoms with Crippen LogP contribution in [0.2, 0.25) is 0 Å². The highest BCUT2D eigenvalue weighted by Gasteiger charge is 2.52. The van der Waals surface area contributed by atoms with Crippen molar-refractivity contribution in [3.63, 3.8) is 0 Å². The van der Waals surface area contributed by atoms with Crippen molar-refractivity contribution in [1.82, 2.24) is 19.8 Å². The molecule has 4 aliphatic carbocycles. The third-order valence-corrected chi connectivity index (χ3v) is 7.41. The topological polar surface area (TPSA) is 50.2 Å². The second kappa shape index (κ2) is 6.83. The van der Waals surface area contributed by atoms with Gasteiger partial charge in [-0.15, -0.1) is 12.4 Å². The number of rotatable bonds is 3. The SMILES string of the molecule is Cl.Cn1ccnc1C1CNCCN1C(=O)CC12CC3CC(CC(C3)C1)C2. The van der Waals surface area contributed by atoms with Gasteiger partial charge in [0, 0.05) is 45.5 Å². The van der Waals surface area contributed by atoms with E-state index in [1.165, 1.54) is 38.5 Å². The van der Waals surface area contributed by atoms with E-state index >= 15 is 0 Å². The third kappa shape index (κ3) is 3.07. The molecule has 1 saturated heterocycles. The fourth-order valence-electron chi connectivity index (χ4n) is 6.86. The minimum absolute atomic E-state index is 0. The van der Waals surface area contributed by atoms with E-state index < -0.39 is 0 Å². The van der Waals surface area contributed by atoms with Crippen LogP contribution in [0.4, 0.5) is 0 Å². The summed E-state index contributed by atoms with van der Waals surface area (Å²) in [6, 6.07) is 0.0789. The monoisotopic (exact) mass is 378 g/mol. The summed E-state index contributed by atoms with van der Waals surface area (Å²) in [7, 11) is 2.03. The molecule has 4 bridgehead atoms. The summed E-state index contributed by atoms with van der Waals surface area (Å²) in [4.78, 5) is 20.0. The van der Waals surface area contributed by atoms with E-state index in [4.69, 9.17) is 0 Å². The van der Waals surface area contributed by atoms with Gasteiger partial charge in [0.1, 0.15) is 11.9 Å². The first kappa shape index (κ1) is 18.3. The van der Waals surface area contributed by atoms with E-state index in [2.05, 4.69) is 19.8 Å². The number of hydrogen-bond donors (Lipinski definition) is 1. The number of amides is 1. The maximum atomic E-state index is 13.4. The zero-order valence-corrected chi connectivity index (χ0v) is 16.5. The Hall–Kier alpha value is -1.07. The molecular weight excluding hydrogens is 348 g/mol. The average molecular weight is 379 g/mol. The Balaban J connectivity index is 0.00000168. The predicted octanol–water partition coefficient (Wildman–Crippen LogP) is 2.92. The number of nitrogens with one attached hydrogen (secondary N) is 1. The van der Waals surface area contributed by atoms with Gasteiger partial charge in [-0.3, -0.25) is 4.79 Å². The standard InChI is InChI=1S/C20H30N4O.ClH/c1-23-4-3-22-19(23)17-13-21-2-5-24(17)18(25)12-20-9-14-6-15(10-20)8-16(7-14)11-20;/h3-4,14-17,21H,2,5-13H2,1H3;1H. The van der Waals surface area contributed by atoms with Crippen LogP contribution in [0.3, 0.4) is 0 Å². The van der Waals surface area contributed by atoms with Gasteiger partial charge in [0.25, 0.3) is 0 Å². The van der Waals surface area contributed by atoms with Crippen LogP contribution in [-0.2, 0) is 11.8 Å². The van der Waals surface area contributed by atoms with Crippen LogP contribution >= 0.6 is 12.4 Å². The van der Waals surface area contributed by atoms with Gasteiger partial charge in [0.2, 0.25) is 5.91 Å². The van der Waals surface area contributed by atoms with Crippen molar-refractivity contribution < 1.29 is 4.79 Å². The number of carbonyl (C=O) groups is 1. The number of piperazine rings is 1. The maximum Gasteiger partial charge on any atom is 0.223 e. The van der Waals surface area contributed by atoms with Crippen LogP contribution in [0.1, 0.15) is 56.8 Å². The zero-order chi connectivity index (χ0) is 17.0. The van der Waals surface area contributed by atoms with Crippen LogP contribution in [0.5, 0.6) is 0 Å². The number of hydrogen-bond acceptors (Lipinski definition) is 3. The Bertz CT molecular complexity index is 637. The van der Waals surface area contributed by atoms with Gasteiger partial charge < -0.3 is 14.8 Å². The molecule has 1 N–H and O–H groups in total. The molecule has 0 spiro atoms. The van der Waals surface area contributed by atoms with Gasteiger partial charge in [0.05, 0.1) is 0 Å². The van der Waals surface area contributed by atoms with Crippen LogP contribution < -0.4 is 5.32 Å². The van der Waals surface area contributed by atoms with Gasteiger partial charge in [-0.05, 0) is 61.7 Å². The molecule has 1 aromatic rings. The van der Waals surface area contributed by atoms with Gasteiger partial charge in [-0.25, -0.2) is 4.98 Å². The van der Waals surface area contributed by atoms with Crippen LogP contribution in [0.15, 0.2) is 12.4 Å². The van der Waals surface area contributed by atoms with E-state index in [-0.39, 0.29) is 18.4 Å². The maximum absolute atomic E-state index is 13.4. The summed E-state index contributed by atoms with van der Waals surface area (Å²) in [6.07, 6.45) is 12.8. The smallest absolute Gasteiger partial charge is 0.223 e. The van der Waals surface area contributed by atoms with Gasteiger partial charge in [-0.1, -0.05) is 0 Å². The van der Waals surface area contributed by atoms with Crippen molar-refractivity contribution in [2.24, 2.45) is 30.2 Å². The highest BCUT2D eigenvalue weighted by molar-refractivity contribution is 5.85. The molecule has 5 fully saturated rings. The molecule has 2 heterocycles. The molecular formula is C20H31ClN4O. The van der Waals surface area contributed by atoms with Crippen molar-refractivity contribution in [3.8, 4) is 0 Å². The molecule has 26 heavy (non-hydrogen) atoms. The van der Waals surface area contributed by atoms with Crippen molar-refractivity contribution >= 4 is 18.3 Å². The second-order valence-electron chi connectivity index (χ2n) is 9.30. The van der Waals surface area contributed by atoms with Crippen molar-refractivity contribution in [1.29, 1.82) is 0 Å². The summed E-state index contributed by atoms with van der Waals surface area (Å²) in [5, 5.41) is 3.45. The molecule has 144 valence electrons. The lowest BCUT2D eigenvalue weighted by Gasteiger charge is -2.57. The van der Waals surface area contributed by atoms with Gasteiger partial charge in [-0.2, -0.15) is 0 Å². The number of nitrogens with zero attached hydrogens (tertiary/aromatic N) is 3. The van der Waals surface area contributed by atoms with E-state index in [0.29, 0.717) is 11.3 Å². The van der Waals surface area contributed by atoms with E-state index in [0.717, 1.165) is 49.6 Å². The minimum Gasteiger partial charge on any atom is -0.336 e. The van der Waals surface area contributed by atoms with E-state index in [9.17, 15) is 4.79 Å². The van der Waals surface area contributed by atoms with Crippen LogP contribution in [-0.4, -0.2) is 40.0 Å². The Kier molecular flexibility index (Phi) is 4.81. The fraction of sp³-hybridized carbons (Fsp3) is 0.800. The third-order valence-electron chi connectivity index (χ3n) is 7.41. The van der Waals surface area contributed by atoms with Crippen molar-refractivity contribution in [2.75, 3.05) is 19.6 Å². The summed E-state index contributed by atoms with van der Waals surface area (Å²) in [5.41, 5.74) is 0.322. The van der Waals surface area contributed by atoms with Crippen LogP contribution in [0, 0.1) is 23.2 Å². The van der Waals surface area contributed by atoms with Crippen molar-refractivity contribution in [2.45, 2.75) is 51.0 Å².